The van der Waals surface area contributed by atoms with Gasteiger partial charge in [-0.2, -0.15) is 26.3 Å². The van der Waals surface area contributed by atoms with Crippen LogP contribution in [0.2, 0.25) is 5.02 Å². The van der Waals surface area contributed by atoms with Gasteiger partial charge in [0.15, 0.2) is 0 Å². The molecule has 0 spiro atoms. The predicted molar refractivity (Wildman–Crippen MR) is 104 cm³/mol. The molecule has 174 valence electrons. The summed E-state index contributed by atoms with van der Waals surface area (Å²) >= 11 is 5.78. The van der Waals surface area contributed by atoms with E-state index < -0.39 is 58.7 Å². The number of carbonyl (C=O) groups excluding carboxylic acids is 2. The van der Waals surface area contributed by atoms with E-state index in [1.807, 2.05) is 5.32 Å². The van der Waals surface area contributed by atoms with Gasteiger partial charge in [0.1, 0.15) is 11.8 Å². The summed E-state index contributed by atoms with van der Waals surface area (Å²) < 4.78 is 78.1. The highest BCUT2D eigenvalue weighted by Gasteiger charge is 2.37. The fourth-order valence-electron chi connectivity index (χ4n) is 2.69. The molecule has 2 aromatic rings. The predicted octanol–water partition coefficient (Wildman–Crippen LogP) is 5.48. The lowest BCUT2D eigenvalue weighted by atomic mass is 10.0. The molecule has 0 bridgehead atoms. The zero-order valence-corrected chi connectivity index (χ0v) is 17.3. The Balaban J connectivity index is 2.33. The number of hydrogen-bond acceptors (Lipinski definition) is 3. The largest absolute Gasteiger partial charge is 0.507 e. The van der Waals surface area contributed by atoms with Crippen LogP contribution < -0.4 is 10.6 Å². The van der Waals surface area contributed by atoms with Crippen LogP contribution in [0.5, 0.6) is 5.75 Å². The van der Waals surface area contributed by atoms with E-state index in [9.17, 15) is 41.0 Å². The average molecular weight is 483 g/mol. The maximum atomic E-state index is 13.0. The lowest BCUT2D eigenvalue weighted by Gasteiger charge is -2.23. The van der Waals surface area contributed by atoms with Crippen molar-refractivity contribution in [2.75, 3.05) is 5.32 Å². The minimum atomic E-state index is -5.09. The van der Waals surface area contributed by atoms with Crippen molar-refractivity contribution < 1.29 is 41.0 Å². The number of rotatable bonds is 5. The summed E-state index contributed by atoms with van der Waals surface area (Å²) in [6, 6.07) is 2.87. The van der Waals surface area contributed by atoms with Crippen molar-refractivity contribution in [1.29, 1.82) is 0 Å². The number of alkyl halides is 6. The molecule has 3 N–H and O–H groups in total. The summed E-state index contributed by atoms with van der Waals surface area (Å²) in [5, 5.41) is 14.2. The van der Waals surface area contributed by atoms with E-state index in [1.165, 1.54) is 19.9 Å². The van der Waals surface area contributed by atoms with Crippen molar-refractivity contribution in [3.05, 3.63) is 58.1 Å². The van der Waals surface area contributed by atoms with Crippen LogP contribution in [0.25, 0.3) is 0 Å². The van der Waals surface area contributed by atoms with Gasteiger partial charge in [-0.3, -0.25) is 9.59 Å². The zero-order chi connectivity index (χ0) is 24.4. The van der Waals surface area contributed by atoms with Crippen LogP contribution >= 0.6 is 11.6 Å². The highest BCUT2D eigenvalue weighted by Crippen LogP contribution is 2.37. The number of nitrogens with one attached hydrogen (secondary N) is 2. The maximum absolute atomic E-state index is 13.0. The molecule has 0 radical (unpaired) electrons. The van der Waals surface area contributed by atoms with E-state index in [-0.39, 0.29) is 16.7 Å². The molecule has 1 atom stereocenters. The molecule has 12 heteroatoms. The van der Waals surface area contributed by atoms with Gasteiger partial charge in [0.05, 0.1) is 16.7 Å². The second kappa shape index (κ2) is 9.27. The highest BCUT2D eigenvalue weighted by molar-refractivity contribution is 6.31. The SMILES string of the molecule is CC(C)[C@H](NC(=O)c1cc(Cl)ccc1O)C(=O)Nc1cc(C(F)(F)F)cc(C(F)(F)F)c1. The number of halogens is 7. The molecule has 0 saturated carbocycles. The van der Waals surface area contributed by atoms with Crippen LogP contribution in [0, 0.1) is 5.92 Å². The van der Waals surface area contributed by atoms with Gasteiger partial charge in [0.25, 0.3) is 5.91 Å². The first-order valence-electron chi connectivity index (χ1n) is 8.99. The number of aromatic hydroxyl groups is 1. The third kappa shape index (κ3) is 6.28. The van der Waals surface area contributed by atoms with Crippen molar-refractivity contribution >= 4 is 29.1 Å². The third-order valence-electron chi connectivity index (χ3n) is 4.29. The molecule has 2 amide bonds. The molecule has 0 aliphatic rings. The molecule has 0 aromatic heterocycles. The van der Waals surface area contributed by atoms with Crippen molar-refractivity contribution in [3.8, 4) is 5.75 Å². The maximum Gasteiger partial charge on any atom is 0.416 e. The second-order valence-corrected chi connectivity index (χ2v) is 7.58. The van der Waals surface area contributed by atoms with Crippen molar-refractivity contribution in [2.24, 2.45) is 5.92 Å². The number of phenols is 1. The third-order valence-corrected chi connectivity index (χ3v) is 4.53. The quantitative estimate of drug-likeness (QED) is 0.494. The fraction of sp³-hybridized carbons (Fsp3) is 0.300. The van der Waals surface area contributed by atoms with Crippen LogP contribution in [0.4, 0.5) is 32.0 Å². The van der Waals surface area contributed by atoms with Crippen molar-refractivity contribution in [1.82, 2.24) is 5.32 Å². The Morgan fingerprint density at radius 2 is 1.47 bits per heavy atom. The Morgan fingerprint density at radius 1 is 0.938 bits per heavy atom. The van der Waals surface area contributed by atoms with Gasteiger partial charge in [-0.25, -0.2) is 0 Å². The van der Waals surface area contributed by atoms with Gasteiger partial charge >= 0.3 is 12.4 Å². The van der Waals surface area contributed by atoms with Crippen LogP contribution in [0.15, 0.2) is 36.4 Å². The second-order valence-electron chi connectivity index (χ2n) is 7.14. The summed E-state index contributed by atoms with van der Waals surface area (Å²) in [5.74, 6) is -3.03. The topological polar surface area (TPSA) is 78.4 Å². The van der Waals surface area contributed by atoms with E-state index >= 15 is 0 Å². The Kier molecular flexibility index (Phi) is 7.33. The summed E-state index contributed by atoms with van der Waals surface area (Å²) in [5.41, 5.74) is -4.22. The number of hydrogen-bond donors (Lipinski definition) is 3. The molecule has 0 aliphatic heterocycles. The fourth-order valence-corrected chi connectivity index (χ4v) is 2.86. The van der Waals surface area contributed by atoms with E-state index in [0.29, 0.717) is 12.1 Å². The van der Waals surface area contributed by atoms with Crippen LogP contribution in [0.1, 0.15) is 35.3 Å². The molecule has 0 unspecified atom stereocenters. The van der Waals surface area contributed by atoms with Crippen LogP contribution in [0.3, 0.4) is 0 Å². The molecule has 5 nitrogen and oxygen atoms in total. The average Bonchev–Trinajstić information content (AvgIpc) is 2.65. The lowest BCUT2D eigenvalue weighted by Crippen LogP contribution is -2.47. The number of anilines is 1. The molecule has 0 aliphatic carbocycles. The number of phenolic OH excluding ortho intramolecular Hbond substituents is 1. The first-order chi connectivity index (χ1) is 14.6. The van der Waals surface area contributed by atoms with Crippen molar-refractivity contribution in [3.63, 3.8) is 0 Å². The lowest BCUT2D eigenvalue weighted by molar-refractivity contribution is -0.143. The van der Waals surface area contributed by atoms with Gasteiger partial charge in [0, 0.05) is 10.7 Å². The Labute approximate surface area is 183 Å². The van der Waals surface area contributed by atoms with Crippen molar-refractivity contribution in [2.45, 2.75) is 32.2 Å². The van der Waals surface area contributed by atoms with Gasteiger partial charge in [-0.1, -0.05) is 25.4 Å². The highest BCUT2D eigenvalue weighted by atomic mass is 35.5. The Bertz CT molecular complexity index is 989. The summed E-state index contributed by atoms with van der Waals surface area (Å²) in [4.78, 5) is 25.1. The number of benzene rings is 2. The van der Waals surface area contributed by atoms with Crippen LogP contribution in [-0.2, 0) is 17.1 Å². The molecular formula is C20H17ClF6N2O3. The van der Waals surface area contributed by atoms with Gasteiger partial charge < -0.3 is 15.7 Å². The molecule has 0 heterocycles. The molecule has 0 fully saturated rings. The summed E-state index contributed by atoms with van der Waals surface area (Å²) in [6.07, 6.45) is -10.2. The standard InChI is InChI=1S/C20H17ClF6N2O3/c1-9(2)16(29-17(31)14-8-12(21)3-4-15(14)30)18(32)28-13-6-10(19(22,23)24)5-11(7-13)20(25,26)27/h3-9,16,30H,1-2H3,(H,28,32)(H,29,31)/t16-/m0/s1. The normalized spacial score (nSPS) is 13.1. The Hall–Kier alpha value is -2.95. The van der Waals surface area contributed by atoms with E-state index in [0.717, 1.165) is 12.1 Å². The molecule has 0 saturated heterocycles. The number of carbonyl (C=O) groups is 2. The van der Waals surface area contributed by atoms with Gasteiger partial charge in [0.2, 0.25) is 5.91 Å². The number of amides is 2. The zero-order valence-electron chi connectivity index (χ0n) is 16.5. The Morgan fingerprint density at radius 3 is 1.94 bits per heavy atom. The van der Waals surface area contributed by atoms with E-state index in [4.69, 9.17) is 11.6 Å². The summed E-state index contributed by atoms with van der Waals surface area (Å²) in [6.45, 7) is 2.99. The summed E-state index contributed by atoms with van der Waals surface area (Å²) in [7, 11) is 0. The smallest absolute Gasteiger partial charge is 0.416 e. The molecule has 32 heavy (non-hydrogen) atoms. The minimum Gasteiger partial charge on any atom is -0.507 e. The molecule has 2 aromatic carbocycles. The van der Waals surface area contributed by atoms with E-state index in [1.54, 1.807) is 0 Å². The molecular weight excluding hydrogens is 466 g/mol. The van der Waals surface area contributed by atoms with E-state index in [2.05, 4.69) is 5.32 Å². The van der Waals surface area contributed by atoms with Gasteiger partial charge in [-0.05, 0) is 42.3 Å². The monoisotopic (exact) mass is 482 g/mol. The minimum absolute atomic E-state index is 0.0702. The molecule has 2 rings (SSSR count). The first-order valence-corrected chi connectivity index (χ1v) is 9.37. The van der Waals surface area contributed by atoms with Gasteiger partial charge in [-0.15, -0.1) is 0 Å². The van der Waals surface area contributed by atoms with Crippen LogP contribution in [-0.4, -0.2) is 23.0 Å². The first kappa shape index (κ1) is 25.3.